The van der Waals surface area contributed by atoms with Crippen LogP contribution in [0.15, 0.2) is 75.0 Å². The van der Waals surface area contributed by atoms with Crippen LogP contribution < -0.4 is 11.1 Å². The third kappa shape index (κ3) is 5.48. The first kappa shape index (κ1) is 25.9. The number of nitrogens with zero attached hydrogens (tertiary/aromatic N) is 5. The number of nitrogens with two attached hydrogens (primary N) is 1. The molecular weight excluding hydrogens is 466 g/mol. The lowest BCUT2D eigenvalue weighted by Gasteiger charge is -2.35. The van der Waals surface area contributed by atoms with Crippen LogP contribution in [0.2, 0.25) is 0 Å². The van der Waals surface area contributed by atoms with Crippen molar-refractivity contribution in [3.8, 4) is 11.8 Å². The average Bonchev–Trinajstić information content (AvgIpc) is 3.50. The first-order valence-electron chi connectivity index (χ1n) is 12.5. The fourth-order valence-corrected chi connectivity index (χ4v) is 4.93. The van der Waals surface area contributed by atoms with Gasteiger partial charge in [-0.2, -0.15) is 0 Å². The van der Waals surface area contributed by atoms with Crippen LogP contribution in [-0.4, -0.2) is 70.3 Å². The van der Waals surface area contributed by atoms with Gasteiger partial charge >= 0.3 is 0 Å². The number of fused-ring (bicyclic) bond motifs is 1. The van der Waals surface area contributed by atoms with Gasteiger partial charge < -0.3 is 20.9 Å². The molecule has 0 aromatic heterocycles. The normalized spacial score (nSPS) is 25.1. The minimum atomic E-state index is -0.368. The zero-order valence-corrected chi connectivity index (χ0v) is 21.6. The molecule has 0 spiro atoms. The van der Waals surface area contributed by atoms with E-state index in [1.54, 1.807) is 19.2 Å². The smallest absolute Gasteiger partial charge is 0.298 e. The summed E-state index contributed by atoms with van der Waals surface area (Å²) < 4.78 is 0. The van der Waals surface area contributed by atoms with Crippen molar-refractivity contribution in [1.29, 1.82) is 0 Å². The molecule has 0 aromatic rings. The Balaban J connectivity index is 1.56. The quantitative estimate of drug-likeness (QED) is 0.343. The number of dihydropyridines is 1. The molecule has 4 aliphatic rings. The number of aliphatic imine (C=N–C) groups is 3. The highest BCUT2D eigenvalue weighted by Gasteiger charge is 2.46. The summed E-state index contributed by atoms with van der Waals surface area (Å²) in [5, 5.41) is 2.81. The molecule has 192 valence electrons. The molecule has 0 saturated carbocycles. The average molecular weight is 500 g/mol. The topological polar surface area (TPSA) is 116 Å². The van der Waals surface area contributed by atoms with Crippen molar-refractivity contribution in [2.45, 2.75) is 58.3 Å². The van der Waals surface area contributed by atoms with Crippen LogP contribution in [0.5, 0.6) is 0 Å². The number of amides is 2. The van der Waals surface area contributed by atoms with E-state index < -0.39 is 0 Å². The zero-order chi connectivity index (χ0) is 26.5. The second-order valence-corrected chi connectivity index (χ2v) is 9.28. The minimum Gasteiger partial charge on any atom is -0.385 e. The van der Waals surface area contributed by atoms with Gasteiger partial charge in [0, 0.05) is 31.1 Å². The summed E-state index contributed by atoms with van der Waals surface area (Å²) in [5.41, 5.74) is 9.35. The standard InChI is InChI=1S/C28H33N7O2/c1-5-8-23(36)34-15-7-9-21(34)27-33-24(25-26(29)31-14-16-35(25)27)20(6-2)11-10-19(4)28(37)32-22-17-18(3)12-13-30-22/h6,10-11,14,16-17,21,25,27H,4,7,9,12-13,15H2,1-3H3,(H2,29,31)(H,30,32,37)/b11-10-,20-6+. The van der Waals surface area contributed by atoms with E-state index in [1.165, 1.54) is 5.57 Å². The fraction of sp³-hybridized carbons (Fsp3) is 0.393. The maximum absolute atomic E-state index is 12.7. The Morgan fingerprint density at radius 2 is 2.14 bits per heavy atom. The number of hydrogen-bond acceptors (Lipinski definition) is 7. The molecule has 37 heavy (non-hydrogen) atoms. The molecule has 4 heterocycles. The highest BCUT2D eigenvalue weighted by molar-refractivity contribution is 6.20. The van der Waals surface area contributed by atoms with Gasteiger partial charge in [0.25, 0.3) is 11.8 Å². The van der Waals surface area contributed by atoms with Crippen molar-refractivity contribution in [1.82, 2.24) is 15.1 Å². The molecule has 2 amide bonds. The van der Waals surface area contributed by atoms with E-state index in [-0.39, 0.29) is 30.1 Å². The zero-order valence-electron chi connectivity index (χ0n) is 21.6. The summed E-state index contributed by atoms with van der Waals surface area (Å²) in [6.45, 7) is 10.8. The van der Waals surface area contributed by atoms with E-state index in [2.05, 4.69) is 38.6 Å². The maximum Gasteiger partial charge on any atom is 0.298 e. The number of hydrogen-bond donors (Lipinski definition) is 2. The van der Waals surface area contributed by atoms with Gasteiger partial charge in [-0.3, -0.25) is 19.6 Å². The van der Waals surface area contributed by atoms with Gasteiger partial charge in [-0.15, -0.1) is 0 Å². The second-order valence-electron chi connectivity index (χ2n) is 9.28. The van der Waals surface area contributed by atoms with E-state index in [0.717, 1.165) is 30.5 Å². The van der Waals surface area contributed by atoms with Gasteiger partial charge in [0.15, 0.2) is 0 Å². The van der Waals surface area contributed by atoms with Crippen molar-refractivity contribution in [3.05, 3.63) is 60.0 Å². The predicted molar refractivity (Wildman–Crippen MR) is 147 cm³/mol. The molecule has 9 heteroatoms. The lowest BCUT2D eigenvalue weighted by Crippen LogP contribution is -2.53. The Morgan fingerprint density at radius 1 is 1.32 bits per heavy atom. The SMILES string of the molecule is C=C(/C=C\C(=C/C)C1=NC(C2CCCN2C(=O)C#CC)N2C=CN=C(N)C12)C(=O)NC1=NCCC(C)=C1. The Morgan fingerprint density at radius 3 is 2.86 bits per heavy atom. The molecular formula is C28H33N7O2. The number of carbonyl (C=O) groups is 2. The number of likely N-dealkylation sites (tertiary alicyclic amines) is 1. The fourth-order valence-electron chi connectivity index (χ4n) is 4.93. The molecule has 0 aromatic carbocycles. The predicted octanol–water partition coefficient (Wildman–Crippen LogP) is 2.22. The van der Waals surface area contributed by atoms with Crippen LogP contribution in [0.3, 0.4) is 0 Å². The van der Waals surface area contributed by atoms with Crippen LogP contribution >= 0.6 is 0 Å². The molecule has 3 atom stereocenters. The van der Waals surface area contributed by atoms with Crippen LogP contribution in [0, 0.1) is 11.8 Å². The lowest BCUT2D eigenvalue weighted by molar-refractivity contribution is -0.126. The Hall–Kier alpha value is -4.19. The summed E-state index contributed by atoms with van der Waals surface area (Å²) in [6.07, 6.45) is 13.1. The van der Waals surface area contributed by atoms with Gasteiger partial charge in [0.2, 0.25) is 0 Å². The van der Waals surface area contributed by atoms with Crippen molar-refractivity contribution in [3.63, 3.8) is 0 Å². The highest BCUT2D eigenvalue weighted by Crippen LogP contribution is 2.33. The number of carbonyl (C=O) groups excluding carboxylic acids is 2. The maximum atomic E-state index is 12.7. The third-order valence-electron chi connectivity index (χ3n) is 6.79. The van der Waals surface area contributed by atoms with Gasteiger partial charge in [0.05, 0.1) is 11.8 Å². The lowest BCUT2D eigenvalue weighted by atomic mass is 10.00. The monoisotopic (exact) mass is 499 g/mol. The molecule has 4 aliphatic heterocycles. The van der Waals surface area contributed by atoms with Crippen molar-refractivity contribution in [2.75, 3.05) is 13.1 Å². The molecule has 1 saturated heterocycles. The van der Waals surface area contributed by atoms with E-state index in [1.807, 2.05) is 43.2 Å². The van der Waals surface area contributed by atoms with Crippen molar-refractivity contribution >= 4 is 29.2 Å². The van der Waals surface area contributed by atoms with E-state index in [0.29, 0.717) is 30.3 Å². The first-order valence-corrected chi connectivity index (χ1v) is 12.5. The summed E-state index contributed by atoms with van der Waals surface area (Å²) >= 11 is 0. The molecule has 0 aliphatic carbocycles. The molecule has 0 radical (unpaired) electrons. The second kappa shape index (κ2) is 11.2. The van der Waals surface area contributed by atoms with Crippen LogP contribution in [0.25, 0.3) is 0 Å². The Kier molecular flexibility index (Phi) is 7.87. The van der Waals surface area contributed by atoms with Crippen LogP contribution in [0.1, 0.15) is 40.0 Å². The number of rotatable bonds is 5. The molecule has 9 nitrogen and oxygen atoms in total. The summed E-state index contributed by atoms with van der Waals surface area (Å²) in [4.78, 5) is 42.9. The van der Waals surface area contributed by atoms with Gasteiger partial charge in [-0.05, 0) is 63.7 Å². The van der Waals surface area contributed by atoms with Gasteiger partial charge in [-0.25, -0.2) is 4.99 Å². The highest BCUT2D eigenvalue weighted by atomic mass is 16.2. The van der Waals surface area contributed by atoms with Crippen molar-refractivity contribution < 1.29 is 9.59 Å². The van der Waals surface area contributed by atoms with Crippen LogP contribution in [0.4, 0.5) is 0 Å². The molecule has 4 rings (SSSR count). The van der Waals surface area contributed by atoms with Gasteiger partial charge in [-0.1, -0.05) is 30.2 Å². The minimum absolute atomic E-state index is 0.125. The summed E-state index contributed by atoms with van der Waals surface area (Å²) in [7, 11) is 0. The molecule has 3 unspecified atom stereocenters. The van der Waals surface area contributed by atoms with E-state index in [9.17, 15) is 9.59 Å². The summed E-state index contributed by atoms with van der Waals surface area (Å²) in [5.74, 6) is 5.84. The van der Waals surface area contributed by atoms with E-state index >= 15 is 0 Å². The number of amidine groups is 2. The van der Waals surface area contributed by atoms with Crippen molar-refractivity contribution in [2.24, 2.45) is 20.7 Å². The van der Waals surface area contributed by atoms with Crippen LogP contribution in [-0.2, 0) is 9.59 Å². The first-order chi connectivity index (χ1) is 17.8. The molecule has 1 fully saturated rings. The molecule has 0 bridgehead atoms. The largest absolute Gasteiger partial charge is 0.385 e. The van der Waals surface area contributed by atoms with Gasteiger partial charge in [0.1, 0.15) is 23.9 Å². The number of nitrogens with one attached hydrogen (secondary N) is 1. The third-order valence-corrected chi connectivity index (χ3v) is 6.79. The Bertz CT molecular complexity index is 1270. The number of allylic oxidation sites excluding steroid dienone is 2. The van der Waals surface area contributed by atoms with E-state index in [4.69, 9.17) is 10.7 Å². The Labute approximate surface area is 218 Å². The summed E-state index contributed by atoms with van der Waals surface area (Å²) in [6, 6.07) is -0.494. The molecule has 3 N–H and O–H groups in total.